The lowest BCUT2D eigenvalue weighted by atomic mass is 10.0. The molecule has 1 aromatic carbocycles. The molecule has 0 saturated carbocycles. The van der Waals surface area contributed by atoms with Gasteiger partial charge in [0, 0.05) is 5.02 Å². The lowest BCUT2D eigenvalue weighted by Crippen LogP contribution is -1.87. The Bertz CT molecular complexity index is 216. The maximum absolute atomic E-state index is 5.89. The molecule has 1 rings (SSSR count). The molecule has 1 aromatic rings. The summed E-state index contributed by atoms with van der Waals surface area (Å²) < 4.78 is 0. The Morgan fingerprint density at radius 2 is 2.20 bits per heavy atom. The van der Waals surface area contributed by atoms with Crippen molar-refractivity contribution in [2.24, 2.45) is 0 Å². The molecule has 53 valence electrons. The second kappa shape index (κ2) is 3.07. The van der Waals surface area contributed by atoms with Crippen molar-refractivity contribution in [1.29, 1.82) is 0 Å². The predicted molar refractivity (Wildman–Crippen MR) is 44.4 cm³/mol. The molecule has 0 aromatic heterocycles. The fourth-order valence-corrected chi connectivity index (χ4v) is 1.22. The van der Waals surface area contributed by atoms with Crippen molar-refractivity contribution in [3.05, 3.63) is 34.9 Å². The highest BCUT2D eigenvalue weighted by Gasteiger charge is 2.01. The van der Waals surface area contributed by atoms with Gasteiger partial charge >= 0.3 is 0 Å². The molecular formula is C9H10Cl. The molecule has 0 fully saturated rings. The normalized spacial score (nSPS) is 10.4. The maximum atomic E-state index is 5.89. The van der Waals surface area contributed by atoms with E-state index in [1.54, 1.807) is 0 Å². The van der Waals surface area contributed by atoms with Gasteiger partial charge in [0.05, 0.1) is 0 Å². The van der Waals surface area contributed by atoms with E-state index in [0.717, 1.165) is 10.6 Å². The summed E-state index contributed by atoms with van der Waals surface area (Å²) in [5.74, 6) is 0.466. The van der Waals surface area contributed by atoms with E-state index in [1.807, 2.05) is 18.2 Å². The fourth-order valence-electron chi connectivity index (χ4n) is 0.872. The van der Waals surface area contributed by atoms with Crippen molar-refractivity contribution in [2.45, 2.75) is 19.8 Å². The molecule has 1 radical (unpaired) electrons. The summed E-state index contributed by atoms with van der Waals surface area (Å²) in [4.78, 5) is 0. The number of hydrogen-bond acceptors (Lipinski definition) is 0. The first kappa shape index (κ1) is 7.62. The fraction of sp³-hybridized carbons (Fsp3) is 0.333. The van der Waals surface area contributed by atoms with Crippen molar-refractivity contribution in [3.63, 3.8) is 0 Å². The highest BCUT2D eigenvalue weighted by molar-refractivity contribution is 6.31. The van der Waals surface area contributed by atoms with Crippen molar-refractivity contribution in [2.75, 3.05) is 0 Å². The van der Waals surface area contributed by atoms with Gasteiger partial charge in [0.25, 0.3) is 0 Å². The van der Waals surface area contributed by atoms with Crippen molar-refractivity contribution in [1.82, 2.24) is 0 Å². The van der Waals surface area contributed by atoms with Gasteiger partial charge in [-0.2, -0.15) is 0 Å². The van der Waals surface area contributed by atoms with Crippen LogP contribution in [0.5, 0.6) is 0 Å². The van der Waals surface area contributed by atoms with E-state index in [1.165, 1.54) is 0 Å². The molecule has 0 nitrogen and oxygen atoms in total. The van der Waals surface area contributed by atoms with Crippen molar-refractivity contribution >= 4 is 11.6 Å². The Labute approximate surface area is 66.8 Å². The van der Waals surface area contributed by atoms with Gasteiger partial charge in [0.15, 0.2) is 0 Å². The number of benzene rings is 1. The van der Waals surface area contributed by atoms with Crippen LogP contribution >= 0.6 is 11.6 Å². The second-order valence-electron chi connectivity index (χ2n) is 2.59. The molecule has 0 amide bonds. The molecule has 10 heavy (non-hydrogen) atoms. The van der Waals surface area contributed by atoms with Crippen LogP contribution in [0.2, 0.25) is 5.02 Å². The third-order valence-corrected chi connectivity index (χ3v) is 1.74. The van der Waals surface area contributed by atoms with Crippen LogP contribution in [0.1, 0.15) is 25.3 Å². The van der Waals surface area contributed by atoms with Gasteiger partial charge < -0.3 is 0 Å². The van der Waals surface area contributed by atoms with Gasteiger partial charge in [0.2, 0.25) is 0 Å². The van der Waals surface area contributed by atoms with Crippen LogP contribution in [0.15, 0.2) is 18.2 Å². The van der Waals surface area contributed by atoms with E-state index in [9.17, 15) is 0 Å². The molecule has 0 spiro atoms. The molecule has 0 saturated heterocycles. The number of halogens is 1. The molecule has 0 aliphatic heterocycles. The molecule has 0 unspecified atom stereocenters. The van der Waals surface area contributed by atoms with Gasteiger partial charge in [-0.15, -0.1) is 0 Å². The van der Waals surface area contributed by atoms with E-state index >= 15 is 0 Å². The van der Waals surface area contributed by atoms with Crippen molar-refractivity contribution in [3.8, 4) is 0 Å². The molecule has 1 heteroatoms. The van der Waals surface area contributed by atoms with E-state index in [2.05, 4.69) is 19.9 Å². The Kier molecular flexibility index (Phi) is 2.34. The molecular weight excluding hydrogens is 144 g/mol. The SMILES string of the molecule is CC(C)c1[c]cccc1Cl. The Hall–Kier alpha value is -0.490. The lowest BCUT2D eigenvalue weighted by Gasteiger charge is -2.05. The number of hydrogen-bond donors (Lipinski definition) is 0. The Morgan fingerprint density at radius 1 is 1.50 bits per heavy atom. The zero-order chi connectivity index (χ0) is 7.56. The maximum Gasteiger partial charge on any atom is 0.0446 e. The van der Waals surface area contributed by atoms with E-state index < -0.39 is 0 Å². The zero-order valence-corrected chi connectivity index (χ0v) is 6.94. The topological polar surface area (TPSA) is 0 Å². The summed E-state index contributed by atoms with van der Waals surface area (Å²) >= 11 is 5.89. The molecule has 0 atom stereocenters. The van der Waals surface area contributed by atoms with Gasteiger partial charge in [-0.1, -0.05) is 37.6 Å². The molecule has 0 aliphatic rings. The minimum absolute atomic E-state index is 0.466. The molecule has 0 heterocycles. The average molecular weight is 154 g/mol. The predicted octanol–water partition coefficient (Wildman–Crippen LogP) is 3.26. The Balaban J connectivity index is 3.03. The van der Waals surface area contributed by atoms with Crippen LogP contribution in [0.4, 0.5) is 0 Å². The largest absolute Gasteiger partial charge is 0.0840 e. The van der Waals surface area contributed by atoms with Crippen LogP contribution < -0.4 is 0 Å². The van der Waals surface area contributed by atoms with Crippen molar-refractivity contribution < 1.29 is 0 Å². The van der Waals surface area contributed by atoms with Crippen LogP contribution in [0, 0.1) is 6.07 Å². The Morgan fingerprint density at radius 3 is 2.60 bits per heavy atom. The summed E-state index contributed by atoms with van der Waals surface area (Å²) in [6.45, 7) is 4.22. The third kappa shape index (κ3) is 1.51. The monoisotopic (exact) mass is 153 g/mol. The van der Waals surface area contributed by atoms with Crippen LogP contribution in [-0.2, 0) is 0 Å². The third-order valence-electron chi connectivity index (χ3n) is 1.41. The van der Waals surface area contributed by atoms with Crippen LogP contribution in [0.3, 0.4) is 0 Å². The summed E-state index contributed by atoms with van der Waals surface area (Å²) in [7, 11) is 0. The number of rotatable bonds is 1. The molecule has 0 aliphatic carbocycles. The minimum Gasteiger partial charge on any atom is -0.0840 e. The van der Waals surface area contributed by atoms with Gasteiger partial charge in [-0.3, -0.25) is 0 Å². The molecule has 0 N–H and O–H groups in total. The summed E-state index contributed by atoms with van der Waals surface area (Å²) in [6, 6.07) is 8.79. The van der Waals surface area contributed by atoms with Gasteiger partial charge in [-0.05, 0) is 23.6 Å². The summed E-state index contributed by atoms with van der Waals surface area (Å²) in [5, 5.41) is 0.817. The quantitative estimate of drug-likeness (QED) is 0.581. The van der Waals surface area contributed by atoms with Gasteiger partial charge in [0.1, 0.15) is 0 Å². The van der Waals surface area contributed by atoms with E-state index in [4.69, 9.17) is 11.6 Å². The minimum atomic E-state index is 0.466. The zero-order valence-electron chi connectivity index (χ0n) is 6.19. The second-order valence-corrected chi connectivity index (χ2v) is 2.99. The standard InChI is InChI=1S/C9H10Cl/c1-7(2)8-5-3-4-6-9(8)10/h3-4,6-7H,1-2H3. The smallest absolute Gasteiger partial charge is 0.0446 e. The summed E-state index contributed by atoms with van der Waals surface area (Å²) in [5.41, 5.74) is 1.10. The van der Waals surface area contributed by atoms with Crippen LogP contribution in [-0.4, -0.2) is 0 Å². The van der Waals surface area contributed by atoms with Crippen LogP contribution in [0.25, 0.3) is 0 Å². The highest BCUT2D eigenvalue weighted by atomic mass is 35.5. The van der Waals surface area contributed by atoms with E-state index in [-0.39, 0.29) is 0 Å². The summed E-state index contributed by atoms with van der Waals surface area (Å²) in [6.07, 6.45) is 0. The lowest BCUT2D eigenvalue weighted by molar-refractivity contribution is 0.865. The first-order valence-electron chi connectivity index (χ1n) is 3.38. The average Bonchev–Trinajstić information content (AvgIpc) is 1.88. The first-order valence-corrected chi connectivity index (χ1v) is 3.75. The first-order chi connectivity index (χ1) is 4.72. The highest BCUT2D eigenvalue weighted by Crippen LogP contribution is 2.22. The molecule has 0 bridgehead atoms. The van der Waals surface area contributed by atoms with Gasteiger partial charge in [-0.25, -0.2) is 0 Å². The van der Waals surface area contributed by atoms with E-state index in [0.29, 0.717) is 5.92 Å².